The van der Waals surface area contributed by atoms with Gasteiger partial charge in [0.1, 0.15) is 5.52 Å². The van der Waals surface area contributed by atoms with E-state index >= 15 is 0 Å². The van der Waals surface area contributed by atoms with E-state index in [1.165, 1.54) is 5.56 Å². The van der Waals surface area contributed by atoms with Crippen LogP contribution in [0.4, 0.5) is 0 Å². The maximum absolute atomic E-state index is 12.0. The molecule has 2 heterocycles. The van der Waals surface area contributed by atoms with Crippen molar-refractivity contribution in [1.82, 2.24) is 25.1 Å². The molecule has 0 aliphatic carbocycles. The van der Waals surface area contributed by atoms with Crippen molar-refractivity contribution in [3.05, 3.63) is 58.6 Å². The number of thioether (sulfide) groups is 1. The van der Waals surface area contributed by atoms with E-state index in [0.29, 0.717) is 18.1 Å². The van der Waals surface area contributed by atoms with E-state index in [1.54, 1.807) is 11.8 Å². The molecule has 0 spiro atoms. The van der Waals surface area contributed by atoms with Crippen LogP contribution in [-0.4, -0.2) is 38.0 Å². The number of carbonyl (C=O) groups is 1. The van der Waals surface area contributed by atoms with Crippen molar-refractivity contribution in [3.63, 3.8) is 0 Å². The number of para-hydroxylation sites is 1. The molecule has 8 heteroatoms. The molecule has 1 amide bonds. The molecule has 2 aromatic carbocycles. The first-order chi connectivity index (χ1) is 16.2. The van der Waals surface area contributed by atoms with E-state index in [0.717, 1.165) is 64.5 Å². The zero-order chi connectivity index (χ0) is 23.0. The number of aromatic nitrogens is 4. The number of benzene rings is 2. The Labute approximate surface area is 206 Å². The summed E-state index contributed by atoms with van der Waals surface area (Å²) in [4.78, 5) is 16.8. The highest BCUT2D eigenvalue weighted by Gasteiger charge is 2.15. The number of hydrogen-bond acceptors (Lipinski definition) is 5. The number of halogens is 1. The fourth-order valence-corrected chi connectivity index (χ4v) is 4.76. The van der Waals surface area contributed by atoms with Gasteiger partial charge in [-0.15, -0.1) is 10.2 Å². The Balaban J connectivity index is 1.45. The molecule has 0 aliphatic rings. The Kier molecular flexibility index (Phi) is 8.34. The highest BCUT2D eigenvalue weighted by atomic mass is 79.9. The number of nitrogens with one attached hydrogen (secondary N) is 1. The van der Waals surface area contributed by atoms with E-state index in [2.05, 4.69) is 79.3 Å². The van der Waals surface area contributed by atoms with Gasteiger partial charge in [0, 0.05) is 35.1 Å². The predicted molar refractivity (Wildman–Crippen MR) is 139 cm³/mol. The van der Waals surface area contributed by atoms with Gasteiger partial charge in [-0.05, 0) is 36.6 Å². The summed E-state index contributed by atoms with van der Waals surface area (Å²) in [5, 5.41) is 13.6. The molecular formula is C25H28BrN5OS. The lowest BCUT2D eigenvalue weighted by Gasteiger charge is -2.08. The summed E-state index contributed by atoms with van der Waals surface area (Å²) < 4.78 is 3.27. The van der Waals surface area contributed by atoms with E-state index in [9.17, 15) is 4.79 Å². The zero-order valence-corrected chi connectivity index (χ0v) is 21.2. The van der Waals surface area contributed by atoms with Crippen molar-refractivity contribution in [2.45, 2.75) is 50.7 Å². The largest absolute Gasteiger partial charge is 0.356 e. The van der Waals surface area contributed by atoms with Crippen molar-refractivity contribution in [2.24, 2.45) is 0 Å². The number of carbonyl (C=O) groups excluding carboxylic acids is 1. The average molecular weight is 527 g/mol. The van der Waals surface area contributed by atoms with Gasteiger partial charge in [0.05, 0.1) is 5.52 Å². The first-order valence-corrected chi connectivity index (χ1v) is 13.2. The maximum atomic E-state index is 12.0. The topological polar surface area (TPSA) is 72.7 Å². The zero-order valence-electron chi connectivity index (χ0n) is 18.8. The van der Waals surface area contributed by atoms with E-state index in [4.69, 9.17) is 4.98 Å². The van der Waals surface area contributed by atoms with Crippen LogP contribution in [0, 0.1) is 0 Å². The molecule has 0 saturated carbocycles. The molecule has 1 N–H and O–H groups in total. The monoisotopic (exact) mass is 525 g/mol. The molecule has 4 aromatic rings. The van der Waals surface area contributed by atoms with Crippen LogP contribution in [0.15, 0.2) is 58.2 Å². The molecule has 0 aliphatic heterocycles. The summed E-state index contributed by atoms with van der Waals surface area (Å²) in [6, 6.07) is 16.6. The van der Waals surface area contributed by atoms with Gasteiger partial charge in [0.15, 0.2) is 5.65 Å². The van der Waals surface area contributed by atoms with Crippen LogP contribution in [0.3, 0.4) is 0 Å². The second-order valence-electron chi connectivity index (χ2n) is 8.01. The minimum absolute atomic E-state index is 0.121. The van der Waals surface area contributed by atoms with Gasteiger partial charge in [-0.25, -0.2) is 4.98 Å². The molecular weight excluding hydrogens is 498 g/mol. The lowest BCUT2D eigenvalue weighted by molar-refractivity contribution is -0.121. The van der Waals surface area contributed by atoms with Crippen LogP contribution < -0.4 is 5.32 Å². The number of unbranched alkanes of at least 4 members (excludes halogenated alkanes) is 2. The standard InChI is InChI=1S/C25H28BrN5OS/c1-2-3-6-15-27-22(32)10-7-16-33-25-28-24-23(29-30-25)20-8-4-5-9-21(20)31(24)17-18-11-13-19(26)14-12-18/h4-5,8-9,11-14H,2-3,6-7,10,15-17H2,1H3,(H,27,32). The third-order valence-corrected chi connectivity index (χ3v) is 6.94. The number of rotatable bonds is 11. The maximum Gasteiger partial charge on any atom is 0.220 e. The molecule has 0 saturated heterocycles. The smallest absolute Gasteiger partial charge is 0.220 e. The van der Waals surface area contributed by atoms with Gasteiger partial charge < -0.3 is 9.88 Å². The van der Waals surface area contributed by atoms with Crippen LogP contribution in [0.5, 0.6) is 0 Å². The number of amides is 1. The average Bonchev–Trinajstić information content (AvgIpc) is 3.14. The van der Waals surface area contributed by atoms with Crippen molar-refractivity contribution in [1.29, 1.82) is 0 Å². The van der Waals surface area contributed by atoms with Gasteiger partial charge in [0.25, 0.3) is 0 Å². The number of nitrogens with zero attached hydrogens (tertiary/aromatic N) is 4. The van der Waals surface area contributed by atoms with Crippen molar-refractivity contribution >= 4 is 55.7 Å². The van der Waals surface area contributed by atoms with Crippen LogP contribution in [0.2, 0.25) is 0 Å². The van der Waals surface area contributed by atoms with Crippen LogP contribution in [0.1, 0.15) is 44.6 Å². The molecule has 2 aromatic heterocycles. The summed E-state index contributed by atoms with van der Waals surface area (Å²) in [7, 11) is 0. The van der Waals surface area contributed by atoms with Crippen molar-refractivity contribution in [3.8, 4) is 0 Å². The Bertz CT molecular complexity index is 1220. The van der Waals surface area contributed by atoms with E-state index in [-0.39, 0.29) is 5.91 Å². The summed E-state index contributed by atoms with van der Waals surface area (Å²) in [6.07, 6.45) is 4.67. The summed E-state index contributed by atoms with van der Waals surface area (Å²) in [5.74, 6) is 0.901. The highest BCUT2D eigenvalue weighted by molar-refractivity contribution is 9.10. The lowest BCUT2D eigenvalue weighted by atomic mass is 10.2. The third-order valence-electron chi connectivity index (χ3n) is 5.49. The second kappa shape index (κ2) is 11.6. The molecule has 0 radical (unpaired) electrons. The SMILES string of the molecule is CCCCCNC(=O)CCCSc1nnc2c3ccccc3n(Cc3ccc(Br)cc3)c2n1. The number of hydrogen-bond donors (Lipinski definition) is 1. The predicted octanol–water partition coefficient (Wildman–Crippen LogP) is 5.97. The highest BCUT2D eigenvalue weighted by Crippen LogP contribution is 2.28. The first-order valence-electron chi connectivity index (χ1n) is 11.4. The molecule has 0 unspecified atom stereocenters. The Hall–Kier alpha value is -2.45. The molecule has 0 fully saturated rings. The first kappa shape index (κ1) is 23.7. The van der Waals surface area contributed by atoms with Gasteiger partial charge >= 0.3 is 0 Å². The molecule has 172 valence electrons. The van der Waals surface area contributed by atoms with E-state index < -0.39 is 0 Å². The van der Waals surface area contributed by atoms with Crippen molar-refractivity contribution in [2.75, 3.05) is 12.3 Å². The van der Waals surface area contributed by atoms with Gasteiger partial charge in [-0.3, -0.25) is 4.79 Å². The number of fused-ring (bicyclic) bond motifs is 3. The minimum Gasteiger partial charge on any atom is -0.356 e. The Morgan fingerprint density at radius 3 is 2.70 bits per heavy atom. The molecule has 0 atom stereocenters. The quantitative estimate of drug-likeness (QED) is 0.193. The molecule has 6 nitrogen and oxygen atoms in total. The minimum atomic E-state index is 0.121. The Morgan fingerprint density at radius 1 is 1.06 bits per heavy atom. The lowest BCUT2D eigenvalue weighted by Crippen LogP contribution is -2.24. The van der Waals surface area contributed by atoms with E-state index in [1.807, 2.05) is 12.1 Å². The molecule has 4 rings (SSSR count). The molecule has 33 heavy (non-hydrogen) atoms. The Morgan fingerprint density at radius 2 is 1.88 bits per heavy atom. The normalized spacial score (nSPS) is 11.3. The summed E-state index contributed by atoms with van der Waals surface area (Å²) in [5.41, 5.74) is 3.95. The van der Waals surface area contributed by atoms with Crippen LogP contribution >= 0.6 is 27.7 Å². The second-order valence-corrected chi connectivity index (χ2v) is 9.98. The van der Waals surface area contributed by atoms with Crippen LogP contribution in [0.25, 0.3) is 22.1 Å². The van der Waals surface area contributed by atoms with Gasteiger partial charge in [-0.1, -0.05) is 77.8 Å². The fraction of sp³-hybridized carbons (Fsp3) is 0.360. The van der Waals surface area contributed by atoms with Gasteiger partial charge in [0.2, 0.25) is 11.1 Å². The van der Waals surface area contributed by atoms with Gasteiger partial charge in [-0.2, -0.15) is 0 Å². The third kappa shape index (κ3) is 6.12. The molecule has 0 bridgehead atoms. The fourth-order valence-electron chi connectivity index (χ4n) is 3.77. The summed E-state index contributed by atoms with van der Waals surface area (Å²) in [6.45, 7) is 3.64. The van der Waals surface area contributed by atoms with Crippen LogP contribution in [-0.2, 0) is 11.3 Å². The summed E-state index contributed by atoms with van der Waals surface area (Å²) >= 11 is 5.06. The van der Waals surface area contributed by atoms with Crippen molar-refractivity contribution < 1.29 is 4.79 Å².